The zero-order chi connectivity index (χ0) is 18.7. The number of rotatable bonds is 5. The lowest BCUT2D eigenvalue weighted by Crippen LogP contribution is -2.09. The monoisotopic (exact) mass is 374 g/mol. The van der Waals surface area contributed by atoms with Crippen molar-refractivity contribution in [3.63, 3.8) is 0 Å². The molecule has 0 saturated heterocycles. The summed E-state index contributed by atoms with van der Waals surface area (Å²) < 4.78 is 10.1. The number of hydrogen-bond acceptors (Lipinski definition) is 8. The number of halogens is 1. The number of benzene rings is 2. The van der Waals surface area contributed by atoms with Gasteiger partial charge in [-0.25, -0.2) is 4.79 Å². The van der Waals surface area contributed by atoms with Crippen LogP contribution in [0, 0.1) is 10.1 Å². The Hall–Kier alpha value is -3.46. The number of esters is 1. The fourth-order valence-electron chi connectivity index (χ4n) is 2.11. The van der Waals surface area contributed by atoms with Crippen LogP contribution in [0.1, 0.15) is 16.2 Å². The molecule has 0 bridgehead atoms. The van der Waals surface area contributed by atoms with Crippen LogP contribution in [0.5, 0.6) is 0 Å². The molecule has 0 aliphatic heterocycles. The van der Waals surface area contributed by atoms with Crippen molar-refractivity contribution in [2.24, 2.45) is 0 Å². The van der Waals surface area contributed by atoms with Crippen LogP contribution < -0.4 is 5.73 Å². The summed E-state index contributed by atoms with van der Waals surface area (Å²) in [5, 5.41) is 15.0. The topological polar surface area (TPSA) is 134 Å². The number of nitrogens with two attached hydrogens (primary N) is 1. The van der Waals surface area contributed by atoms with Gasteiger partial charge in [0.25, 0.3) is 11.6 Å². The van der Waals surface area contributed by atoms with Gasteiger partial charge in [0.15, 0.2) is 6.61 Å². The SMILES string of the molecule is Nc1ccc([N+](=O)[O-])cc1C(=O)OCc1nc(-c2ccccc2Cl)no1. The summed E-state index contributed by atoms with van der Waals surface area (Å²) in [6.45, 7) is -0.321. The van der Waals surface area contributed by atoms with Gasteiger partial charge in [0.2, 0.25) is 5.82 Å². The molecule has 0 spiro atoms. The van der Waals surface area contributed by atoms with E-state index in [1.807, 2.05) is 0 Å². The van der Waals surface area contributed by atoms with Gasteiger partial charge in [-0.2, -0.15) is 4.98 Å². The highest BCUT2D eigenvalue weighted by atomic mass is 35.5. The fraction of sp³-hybridized carbons (Fsp3) is 0.0625. The second-order valence-electron chi connectivity index (χ2n) is 5.10. The number of nitrogen functional groups attached to an aromatic ring is 1. The summed E-state index contributed by atoms with van der Waals surface area (Å²) in [7, 11) is 0. The van der Waals surface area contributed by atoms with E-state index in [1.165, 1.54) is 12.1 Å². The summed E-state index contributed by atoms with van der Waals surface area (Å²) in [6, 6.07) is 10.4. The van der Waals surface area contributed by atoms with Gasteiger partial charge in [-0.15, -0.1) is 0 Å². The van der Waals surface area contributed by atoms with Gasteiger partial charge in [-0.05, 0) is 18.2 Å². The van der Waals surface area contributed by atoms with Crippen molar-refractivity contribution in [1.29, 1.82) is 0 Å². The lowest BCUT2D eigenvalue weighted by Gasteiger charge is -2.04. The smallest absolute Gasteiger partial charge is 0.341 e. The van der Waals surface area contributed by atoms with Crippen molar-refractivity contribution < 1.29 is 19.0 Å². The highest BCUT2D eigenvalue weighted by molar-refractivity contribution is 6.33. The van der Waals surface area contributed by atoms with E-state index < -0.39 is 10.9 Å². The number of nitrogens with zero attached hydrogens (tertiary/aromatic N) is 3. The molecule has 1 heterocycles. The predicted octanol–water partition coefficient (Wildman–Crippen LogP) is 3.24. The van der Waals surface area contributed by atoms with E-state index >= 15 is 0 Å². The van der Waals surface area contributed by atoms with Crippen molar-refractivity contribution in [2.45, 2.75) is 6.61 Å². The number of non-ortho nitro benzene ring substituents is 1. The Morgan fingerprint density at radius 3 is 2.81 bits per heavy atom. The Morgan fingerprint density at radius 1 is 1.31 bits per heavy atom. The van der Waals surface area contributed by atoms with E-state index in [4.69, 9.17) is 26.6 Å². The third-order valence-corrected chi connectivity index (χ3v) is 3.71. The molecule has 2 aromatic carbocycles. The summed E-state index contributed by atoms with van der Waals surface area (Å²) in [6.07, 6.45) is 0. The molecule has 9 nitrogen and oxygen atoms in total. The Balaban J connectivity index is 1.72. The predicted molar refractivity (Wildman–Crippen MR) is 91.4 cm³/mol. The van der Waals surface area contributed by atoms with Gasteiger partial charge in [0.1, 0.15) is 0 Å². The molecule has 26 heavy (non-hydrogen) atoms. The van der Waals surface area contributed by atoms with Crippen molar-refractivity contribution in [2.75, 3.05) is 5.73 Å². The van der Waals surface area contributed by atoms with Crippen LogP contribution in [0.25, 0.3) is 11.4 Å². The van der Waals surface area contributed by atoms with Crippen LogP contribution >= 0.6 is 11.6 Å². The van der Waals surface area contributed by atoms with E-state index in [9.17, 15) is 14.9 Å². The lowest BCUT2D eigenvalue weighted by atomic mass is 10.1. The summed E-state index contributed by atoms with van der Waals surface area (Å²) in [5.74, 6) is -0.558. The molecular formula is C16H11ClN4O5. The first-order valence-electron chi connectivity index (χ1n) is 7.24. The van der Waals surface area contributed by atoms with Gasteiger partial charge in [-0.1, -0.05) is 28.9 Å². The van der Waals surface area contributed by atoms with Crippen LogP contribution in [0.15, 0.2) is 47.0 Å². The minimum absolute atomic E-state index is 0.0391. The standard InChI is InChI=1S/C16H11ClN4O5/c17-12-4-2-1-3-10(12)15-19-14(26-20-15)8-25-16(22)11-7-9(21(23)24)5-6-13(11)18/h1-7H,8,18H2. The maximum absolute atomic E-state index is 12.1. The average molecular weight is 375 g/mol. The Kier molecular flexibility index (Phi) is 4.81. The van der Waals surface area contributed by atoms with E-state index in [1.54, 1.807) is 24.3 Å². The zero-order valence-electron chi connectivity index (χ0n) is 13.1. The summed E-state index contributed by atoms with van der Waals surface area (Å²) >= 11 is 6.06. The number of aromatic nitrogens is 2. The molecule has 0 saturated carbocycles. The normalized spacial score (nSPS) is 10.5. The quantitative estimate of drug-likeness (QED) is 0.311. The molecule has 0 amide bonds. The van der Waals surface area contributed by atoms with Crippen LogP contribution in [-0.4, -0.2) is 21.0 Å². The molecule has 132 valence electrons. The molecule has 0 aliphatic rings. The highest BCUT2D eigenvalue weighted by Gasteiger charge is 2.18. The number of hydrogen-bond donors (Lipinski definition) is 1. The second-order valence-corrected chi connectivity index (χ2v) is 5.50. The van der Waals surface area contributed by atoms with Gasteiger partial charge in [0.05, 0.1) is 15.5 Å². The average Bonchev–Trinajstić information content (AvgIpc) is 3.09. The molecule has 1 aromatic heterocycles. The summed E-state index contributed by atoms with van der Waals surface area (Å²) in [5.41, 5.74) is 5.90. The van der Waals surface area contributed by atoms with Crippen LogP contribution in [0.2, 0.25) is 5.02 Å². The molecular weight excluding hydrogens is 364 g/mol. The van der Waals surface area contributed by atoms with E-state index in [2.05, 4.69) is 10.1 Å². The Morgan fingerprint density at radius 2 is 2.08 bits per heavy atom. The third-order valence-electron chi connectivity index (χ3n) is 3.38. The lowest BCUT2D eigenvalue weighted by molar-refractivity contribution is -0.384. The van der Waals surface area contributed by atoms with Crippen LogP contribution in [-0.2, 0) is 11.3 Å². The van der Waals surface area contributed by atoms with Gasteiger partial charge in [0, 0.05) is 23.4 Å². The molecule has 3 aromatic rings. The van der Waals surface area contributed by atoms with Crippen molar-refractivity contribution >= 4 is 28.9 Å². The van der Waals surface area contributed by atoms with E-state index in [0.717, 1.165) is 6.07 Å². The van der Waals surface area contributed by atoms with Gasteiger partial charge < -0.3 is 15.0 Å². The van der Waals surface area contributed by atoms with Crippen LogP contribution in [0.3, 0.4) is 0 Å². The fourth-order valence-corrected chi connectivity index (χ4v) is 2.33. The van der Waals surface area contributed by atoms with Crippen molar-refractivity contribution in [1.82, 2.24) is 10.1 Å². The number of carbonyl (C=O) groups is 1. The molecule has 3 rings (SSSR count). The molecule has 0 atom stereocenters. The van der Waals surface area contributed by atoms with E-state index in [0.29, 0.717) is 10.6 Å². The third kappa shape index (κ3) is 3.62. The van der Waals surface area contributed by atoms with Crippen molar-refractivity contribution in [3.05, 3.63) is 69.1 Å². The molecule has 10 heteroatoms. The first-order chi connectivity index (χ1) is 12.5. The zero-order valence-corrected chi connectivity index (χ0v) is 13.8. The first-order valence-corrected chi connectivity index (χ1v) is 7.62. The number of anilines is 1. The molecule has 0 radical (unpaired) electrons. The second kappa shape index (κ2) is 7.19. The number of carbonyl (C=O) groups excluding carboxylic acids is 1. The first kappa shape index (κ1) is 17.4. The largest absolute Gasteiger partial charge is 0.452 e. The molecule has 0 unspecified atom stereocenters. The molecule has 0 fully saturated rings. The van der Waals surface area contributed by atoms with Crippen molar-refractivity contribution in [3.8, 4) is 11.4 Å². The minimum Gasteiger partial charge on any atom is -0.452 e. The highest BCUT2D eigenvalue weighted by Crippen LogP contribution is 2.25. The van der Waals surface area contributed by atoms with Gasteiger partial charge >= 0.3 is 5.97 Å². The Labute approximate surface area is 151 Å². The maximum Gasteiger partial charge on any atom is 0.341 e. The number of ether oxygens (including phenoxy) is 1. The summed E-state index contributed by atoms with van der Waals surface area (Å²) in [4.78, 5) is 26.4. The maximum atomic E-state index is 12.1. The molecule has 0 aliphatic carbocycles. The number of nitro groups is 1. The van der Waals surface area contributed by atoms with Gasteiger partial charge in [-0.3, -0.25) is 10.1 Å². The van der Waals surface area contributed by atoms with Crippen LogP contribution in [0.4, 0.5) is 11.4 Å². The Bertz CT molecular complexity index is 988. The number of nitro benzene ring substituents is 1. The molecule has 2 N–H and O–H groups in total. The minimum atomic E-state index is -0.844. The van der Waals surface area contributed by atoms with E-state index in [-0.39, 0.29) is 35.3 Å².